The number of anilines is 1. The van der Waals surface area contributed by atoms with Crippen molar-refractivity contribution in [2.75, 3.05) is 51.3 Å². The molecule has 0 radical (unpaired) electrons. The van der Waals surface area contributed by atoms with E-state index in [-0.39, 0.29) is 5.91 Å². The van der Waals surface area contributed by atoms with Crippen molar-refractivity contribution < 1.29 is 19.1 Å². The number of hydrogen-bond donors (Lipinski definition) is 4. The van der Waals surface area contributed by atoms with Gasteiger partial charge in [-0.1, -0.05) is 30.3 Å². The fraction of sp³-hybridized carbons (Fsp3) is 0.320. The summed E-state index contributed by atoms with van der Waals surface area (Å²) in [6.45, 7) is 4.42. The van der Waals surface area contributed by atoms with Crippen molar-refractivity contribution in [3.05, 3.63) is 65.9 Å². The van der Waals surface area contributed by atoms with Crippen LogP contribution in [0.25, 0.3) is 10.9 Å². The number of morpholine rings is 1. The van der Waals surface area contributed by atoms with Gasteiger partial charge in [0.15, 0.2) is 0 Å². The van der Waals surface area contributed by atoms with Crippen LogP contribution in [0.5, 0.6) is 0 Å². The van der Waals surface area contributed by atoms with Gasteiger partial charge in [0.1, 0.15) is 0 Å². The second kappa shape index (κ2) is 11.4. The van der Waals surface area contributed by atoms with Crippen molar-refractivity contribution in [3.8, 4) is 0 Å². The van der Waals surface area contributed by atoms with E-state index in [0.717, 1.165) is 29.6 Å². The first-order valence-corrected chi connectivity index (χ1v) is 11.4. The van der Waals surface area contributed by atoms with Crippen LogP contribution in [0.3, 0.4) is 0 Å². The maximum absolute atomic E-state index is 12.8. The van der Waals surface area contributed by atoms with Gasteiger partial charge in [0.25, 0.3) is 5.91 Å². The summed E-state index contributed by atoms with van der Waals surface area (Å²) >= 11 is 0. The molecular formula is C25H29N5O4. The standard InChI is InChI=1S/C25H29N5O4/c31-23(26-10-9-18-17-28-21-7-3-1-5-19(18)21)20-6-2-4-8-22(20)29-25(33)24(32)27-11-12-30-13-15-34-16-14-30/h1-8,17,28H,9-16H2,(H,26,31)(H,27,32)(H,29,33). The van der Waals surface area contributed by atoms with E-state index in [2.05, 4.69) is 25.8 Å². The molecule has 9 heteroatoms. The molecule has 0 aliphatic carbocycles. The highest BCUT2D eigenvalue weighted by molar-refractivity contribution is 6.40. The number of nitrogens with one attached hydrogen (secondary N) is 4. The van der Waals surface area contributed by atoms with E-state index in [4.69, 9.17) is 4.74 Å². The molecule has 0 unspecified atom stereocenters. The molecule has 2 heterocycles. The monoisotopic (exact) mass is 463 g/mol. The molecule has 0 spiro atoms. The van der Waals surface area contributed by atoms with Crippen molar-refractivity contribution in [1.82, 2.24) is 20.5 Å². The Morgan fingerprint density at radius 2 is 1.68 bits per heavy atom. The Labute approximate surface area is 197 Å². The fourth-order valence-electron chi connectivity index (χ4n) is 3.95. The summed E-state index contributed by atoms with van der Waals surface area (Å²) in [5.41, 5.74) is 2.77. The highest BCUT2D eigenvalue weighted by Crippen LogP contribution is 2.18. The van der Waals surface area contributed by atoms with Crippen LogP contribution in [0.2, 0.25) is 0 Å². The van der Waals surface area contributed by atoms with Crippen molar-refractivity contribution in [1.29, 1.82) is 0 Å². The minimum absolute atomic E-state index is 0.292. The number of rotatable bonds is 8. The van der Waals surface area contributed by atoms with Gasteiger partial charge in [0.2, 0.25) is 0 Å². The van der Waals surface area contributed by atoms with Gasteiger partial charge in [-0.3, -0.25) is 19.3 Å². The largest absolute Gasteiger partial charge is 0.379 e. The lowest BCUT2D eigenvalue weighted by molar-refractivity contribution is -0.136. The summed E-state index contributed by atoms with van der Waals surface area (Å²) in [5, 5.41) is 9.21. The number of para-hydroxylation sites is 2. The molecule has 1 aromatic heterocycles. The first kappa shape index (κ1) is 23.5. The maximum atomic E-state index is 12.8. The first-order valence-electron chi connectivity index (χ1n) is 11.4. The van der Waals surface area contributed by atoms with Crippen LogP contribution in [0, 0.1) is 0 Å². The number of H-pyrrole nitrogens is 1. The zero-order chi connectivity index (χ0) is 23.8. The number of nitrogens with zero attached hydrogens (tertiary/aromatic N) is 1. The minimum Gasteiger partial charge on any atom is -0.379 e. The van der Waals surface area contributed by atoms with Gasteiger partial charge in [-0.25, -0.2) is 0 Å². The molecule has 2 aromatic carbocycles. The summed E-state index contributed by atoms with van der Waals surface area (Å²) in [7, 11) is 0. The molecule has 0 bridgehead atoms. The number of benzene rings is 2. The highest BCUT2D eigenvalue weighted by Gasteiger charge is 2.18. The van der Waals surface area contributed by atoms with Crippen molar-refractivity contribution >= 4 is 34.3 Å². The average molecular weight is 464 g/mol. The Kier molecular flexibility index (Phi) is 7.90. The first-order chi connectivity index (χ1) is 16.6. The molecule has 9 nitrogen and oxygen atoms in total. The number of carbonyl (C=O) groups is 3. The number of ether oxygens (including phenoxy) is 1. The number of aromatic nitrogens is 1. The third-order valence-corrected chi connectivity index (χ3v) is 5.80. The van der Waals surface area contributed by atoms with Gasteiger partial charge in [-0.2, -0.15) is 0 Å². The third kappa shape index (κ3) is 6.00. The second-order valence-corrected chi connectivity index (χ2v) is 8.08. The normalized spacial score (nSPS) is 14.0. The molecular weight excluding hydrogens is 434 g/mol. The lowest BCUT2D eigenvalue weighted by Gasteiger charge is -2.26. The summed E-state index contributed by atoms with van der Waals surface area (Å²) < 4.78 is 5.30. The van der Waals surface area contributed by atoms with Gasteiger partial charge in [-0.05, 0) is 30.2 Å². The molecule has 1 aliphatic heterocycles. The highest BCUT2D eigenvalue weighted by atomic mass is 16.5. The zero-order valence-electron chi connectivity index (χ0n) is 18.9. The minimum atomic E-state index is -0.805. The molecule has 0 atom stereocenters. The summed E-state index contributed by atoms with van der Waals surface area (Å²) in [5.74, 6) is -1.85. The van der Waals surface area contributed by atoms with Gasteiger partial charge < -0.3 is 25.7 Å². The Balaban J connectivity index is 1.27. The maximum Gasteiger partial charge on any atom is 0.313 e. The van der Waals surface area contributed by atoms with Crippen molar-refractivity contribution in [2.45, 2.75) is 6.42 Å². The van der Waals surface area contributed by atoms with E-state index in [0.29, 0.717) is 50.5 Å². The van der Waals surface area contributed by atoms with Crippen LogP contribution in [0.15, 0.2) is 54.7 Å². The predicted octanol–water partition coefficient (Wildman–Crippen LogP) is 1.53. The van der Waals surface area contributed by atoms with Gasteiger partial charge in [0.05, 0.1) is 24.5 Å². The molecule has 178 valence electrons. The lowest BCUT2D eigenvalue weighted by atomic mass is 10.1. The molecule has 0 saturated carbocycles. The molecule has 1 aliphatic rings. The van der Waals surface area contributed by atoms with E-state index < -0.39 is 11.8 Å². The number of amides is 3. The van der Waals surface area contributed by atoms with E-state index in [1.807, 2.05) is 30.5 Å². The summed E-state index contributed by atoms with van der Waals surface area (Å²) in [4.78, 5) is 42.7. The van der Waals surface area contributed by atoms with E-state index in [1.54, 1.807) is 24.3 Å². The van der Waals surface area contributed by atoms with Crippen LogP contribution in [-0.4, -0.2) is 73.5 Å². The Hall–Kier alpha value is -3.69. The molecule has 3 aromatic rings. The topological polar surface area (TPSA) is 116 Å². The number of aromatic amines is 1. The van der Waals surface area contributed by atoms with E-state index in [1.165, 1.54) is 0 Å². The second-order valence-electron chi connectivity index (χ2n) is 8.08. The predicted molar refractivity (Wildman–Crippen MR) is 130 cm³/mol. The summed E-state index contributed by atoms with van der Waals surface area (Å²) in [6, 6.07) is 14.6. The number of fused-ring (bicyclic) bond motifs is 1. The number of carbonyl (C=O) groups excluding carboxylic acids is 3. The molecule has 4 N–H and O–H groups in total. The fourth-order valence-corrected chi connectivity index (χ4v) is 3.95. The summed E-state index contributed by atoms with van der Waals surface area (Å²) in [6.07, 6.45) is 2.61. The Morgan fingerprint density at radius 1 is 0.912 bits per heavy atom. The van der Waals surface area contributed by atoms with Crippen LogP contribution >= 0.6 is 0 Å². The molecule has 1 saturated heterocycles. The SMILES string of the molecule is O=C(NCCN1CCOCC1)C(=O)Nc1ccccc1C(=O)NCCc1c[nH]c2ccccc12. The Morgan fingerprint density at radius 3 is 2.53 bits per heavy atom. The third-order valence-electron chi connectivity index (χ3n) is 5.80. The van der Waals surface area contributed by atoms with Crippen molar-refractivity contribution in [3.63, 3.8) is 0 Å². The van der Waals surface area contributed by atoms with E-state index >= 15 is 0 Å². The van der Waals surface area contributed by atoms with Crippen LogP contribution in [0.1, 0.15) is 15.9 Å². The smallest absolute Gasteiger partial charge is 0.313 e. The quantitative estimate of drug-likeness (QED) is 0.378. The average Bonchev–Trinajstić information content (AvgIpc) is 3.28. The van der Waals surface area contributed by atoms with Crippen LogP contribution in [-0.2, 0) is 20.7 Å². The van der Waals surface area contributed by atoms with Gasteiger partial charge in [0, 0.05) is 49.8 Å². The molecule has 4 rings (SSSR count). The lowest BCUT2D eigenvalue weighted by Crippen LogP contribution is -2.43. The van der Waals surface area contributed by atoms with Crippen molar-refractivity contribution in [2.24, 2.45) is 0 Å². The van der Waals surface area contributed by atoms with E-state index in [9.17, 15) is 14.4 Å². The van der Waals surface area contributed by atoms with Gasteiger partial charge in [-0.15, -0.1) is 0 Å². The van der Waals surface area contributed by atoms with Crippen LogP contribution < -0.4 is 16.0 Å². The molecule has 3 amide bonds. The van der Waals surface area contributed by atoms with Crippen LogP contribution in [0.4, 0.5) is 5.69 Å². The number of hydrogen-bond acceptors (Lipinski definition) is 5. The Bertz CT molecular complexity index is 1150. The molecule has 34 heavy (non-hydrogen) atoms. The molecule has 1 fully saturated rings. The van der Waals surface area contributed by atoms with Gasteiger partial charge >= 0.3 is 11.8 Å². The zero-order valence-corrected chi connectivity index (χ0v) is 18.9.